The molecule has 2 aromatic rings. The molecule has 0 aliphatic heterocycles. The third-order valence-corrected chi connectivity index (χ3v) is 2.63. The second-order valence-corrected chi connectivity index (χ2v) is 3.81. The number of aromatic nitrogens is 1. The molecule has 0 bridgehead atoms. The summed E-state index contributed by atoms with van der Waals surface area (Å²) in [5.74, 6) is 0.369. The number of nitrogen functional groups attached to an aromatic ring is 1. The molecule has 1 aromatic heterocycles. The van der Waals surface area contributed by atoms with E-state index in [1.807, 2.05) is 24.3 Å². The van der Waals surface area contributed by atoms with Gasteiger partial charge in [-0.05, 0) is 24.1 Å². The summed E-state index contributed by atoms with van der Waals surface area (Å²) in [5, 5.41) is 0.496. The number of halogens is 1. The summed E-state index contributed by atoms with van der Waals surface area (Å²) in [6.07, 6.45) is 1.74. The molecule has 1 aromatic carbocycles. The molecule has 0 fully saturated rings. The third kappa shape index (κ3) is 1.95. The number of aryl methyl sites for hydroxylation is 1. The number of benzene rings is 1. The van der Waals surface area contributed by atoms with Crippen LogP contribution in [0.2, 0.25) is 5.02 Å². The maximum atomic E-state index is 5.93. The van der Waals surface area contributed by atoms with Crippen LogP contribution in [0.1, 0.15) is 5.56 Å². The molecule has 15 heavy (non-hydrogen) atoms. The van der Waals surface area contributed by atoms with Crippen LogP contribution >= 0.6 is 11.6 Å². The Labute approximate surface area is 93.7 Å². The molecule has 0 atom stereocenters. The van der Waals surface area contributed by atoms with Crippen molar-refractivity contribution in [2.24, 2.45) is 0 Å². The van der Waals surface area contributed by atoms with Crippen LogP contribution in [0.5, 0.6) is 0 Å². The zero-order chi connectivity index (χ0) is 10.8. The summed E-state index contributed by atoms with van der Waals surface area (Å²) in [7, 11) is 0. The van der Waals surface area contributed by atoms with Gasteiger partial charge in [-0.2, -0.15) is 0 Å². The Morgan fingerprint density at radius 3 is 2.67 bits per heavy atom. The predicted molar refractivity (Wildman–Crippen MR) is 63.8 cm³/mol. The predicted octanol–water partition coefficient (Wildman–Crippen LogP) is 3.29. The van der Waals surface area contributed by atoms with Crippen molar-refractivity contribution in [3.05, 3.63) is 47.1 Å². The molecular formula is C12H11ClN2. The lowest BCUT2D eigenvalue weighted by Gasteiger charge is -2.06. The number of nitrogens with zero attached hydrogens (tertiary/aromatic N) is 1. The first kappa shape index (κ1) is 9.99. The van der Waals surface area contributed by atoms with Gasteiger partial charge in [-0.15, -0.1) is 0 Å². The molecular weight excluding hydrogens is 208 g/mol. The van der Waals surface area contributed by atoms with Crippen molar-refractivity contribution in [2.75, 3.05) is 5.73 Å². The minimum Gasteiger partial charge on any atom is -0.382 e. The van der Waals surface area contributed by atoms with Crippen LogP contribution in [0.3, 0.4) is 0 Å². The number of hydrogen-bond acceptors (Lipinski definition) is 2. The molecule has 0 aliphatic carbocycles. The monoisotopic (exact) mass is 218 g/mol. The van der Waals surface area contributed by atoms with Gasteiger partial charge in [-0.1, -0.05) is 35.9 Å². The van der Waals surface area contributed by atoms with Crippen LogP contribution in [0.15, 0.2) is 36.5 Å². The summed E-state index contributed by atoms with van der Waals surface area (Å²) in [4.78, 5) is 4.04. The summed E-state index contributed by atoms with van der Waals surface area (Å²) >= 11 is 5.93. The van der Waals surface area contributed by atoms with E-state index in [1.54, 1.807) is 6.20 Å². The second kappa shape index (κ2) is 3.91. The first-order valence-electron chi connectivity index (χ1n) is 4.65. The standard InChI is InChI=1S/C12H11ClN2/c1-8-4-2-3-5-10(8)9-6-11(13)12(14)15-7-9/h2-7H,1H3,(H2,14,15). The Balaban J connectivity index is 2.55. The highest BCUT2D eigenvalue weighted by atomic mass is 35.5. The average Bonchev–Trinajstić information content (AvgIpc) is 2.23. The van der Waals surface area contributed by atoms with Crippen molar-refractivity contribution in [1.82, 2.24) is 4.98 Å². The fourth-order valence-corrected chi connectivity index (χ4v) is 1.66. The Morgan fingerprint density at radius 2 is 2.00 bits per heavy atom. The van der Waals surface area contributed by atoms with Crippen LogP contribution < -0.4 is 5.73 Å². The fraction of sp³-hybridized carbons (Fsp3) is 0.0833. The van der Waals surface area contributed by atoms with Crippen molar-refractivity contribution < 1.29 is 0 Å². The SMILES string of the molecule is Cc1ccccc1-c1cnc(N)c(Cl)c1. The summed E-state index contributed by atoms with van der Waals surface area (Å²) in [5.41, 5.74) is 8.88. The number of nitrogens with two attached hydrogens (primary N) is 1. The Hall–Kier alpha value is -1.54. The topological polar surface area (TPSA) is 38.9 Å². The molecule has 0 radical (unpaired) electrons. The van der Waals surface area contributed by atoms with Crippen LogP contribution in [-0.2, 0) is 0 Å². The van der Waals surface area contributed by atoms with Crippen molar-refractivity contribution in [2.45, 2.75) is 6.92 Å². The molecule has 0 saturated heterocycles. The summed E-state index contributed by atoms with van der Waals surface area (Å²) in [6.45, 7) is 2.06. The largest absolute Gasteiger partial charge is 0.382 e. The Kier molecular flexibility index (Phi) is 2.60. The second-order valence-electron chi connectivity index (χ2n) is 3.41. The van der Waals surface area contributed by atoms with Crippen LogP contribution in [-0.4, -0.2) is 4.98 Å². The molecule has 2 nitrogen and oxygen atoms in total. The molecule has 0 aliphatic rings. The summed E-state index contributed by atoms with van der Waals surface area (Å²) in [6, 6.07) is 9.93. The van der Waals surface area contributed by atoms with Gasteiger partial charge in [0.05, 0.1) is 5.02 Å². The van der Waals surface area contributed by atoms with Gasteiger partial charge < -0.3 is 5.73 Å². The lowest BCUT2D eigenvalue weighted by Crippen LogP contribution is -1.92. The van der Waals surface area contributed by atoms with E-state index < -0.39 is 0 Å². The smallest absolute Gasteiger partial charge is 0.142 e. The van der Waals surface area contributed by atoms with Crippen LogP contribution in [0, 0.1) is 6.92 Å². The van der Waals surface area contributed by atoms with E-state index in [1.165, 1.54) is 5.56 Å². The van der Waals surface area contributed by atoms with Gasteiger partial charge in [0, 0.05) is 11.8 Å². The third-order valence-electron chi connectivity index (χ3n) is 2.33. The highest BCUT2D eigenvalue weighted by Gasteiger charge is 2.04. The van der Waals surface area contributed by atoms with Gasteiger partial charge in [0.1, 0.15) is 5.82 Å². The van der Waals surface area contributed by atoms with Crippen LogP contribution in [0.4, 0.5) is 5.82 Å². The lowest BCUT2D eigenvalue weighted by molar-refractivity contribution is 1.33. The summed E-state index contributed by atoms with van der Waals surface area (Å²) < 4.78 is 0. The normalized spacial score (nSPS) is 10.3. The van der Waals surface area contributed by atoms with Gasteiger partial charge in [-0.3, -0.25) is 0 Å². The highest BCUT2D eigenvalue weighted by molar-refractivity contribution is 6.33. The number of anilines is 1. The van der Waals surface area contributed by atoms with E-state index in [2.05, 4.69) is 18.0 Å². The number of hydrogen-bond donors (Lipinski definition) is 1. The number of rotatable bonds is 1. The van der Waals surface area contributed by atoms with E-state index in [4.69, 9.17) is 17.3 Å². The highest BCUT2D eigenvalue weighted by Crippen LogP contribution is 2.26. The number of pyridine rings is 1. The van der Waals surface area contributed by atoms with E-state index in [9.17, 15) is 0 Å². The minimum absolute atomic E-state index is 0.369. The molecule has 0 spiro atoms. The zero-order valence-corrected chi connectivity index (χ0v) is 9.12. The van der Waals surface area contributed by atoms with Crippen molar-refractivity contribution in [3.63, 3.8) is 0 Å². The average molecular weight is 219 g/mol. The van der Waals surface area contributed by atoms with E-state index >= 15 is 0 Å². The lowest BCUT2D eigenvalue weighted by atomic mass is 10.0. The van der Waals surface area contributed by atoms with Crippen molar-refractivity contribution in [3.8, 4) is 11.1 Å². The zero-order valence-electron chi connectivity index (χ0n) is 8.37. The van der Waals surface area contributed by atoms with Crippen molar-refractivity contribution >= 4 is 17.4 Å². The Bertz CT molecular complexity index is 495. The first-order valence-corrected chi connectivity index (χ1v) is 5.03. The molecule has 76 valence electrons. The van der Waals surface area contributed by atoms with E-state index in [0.29, 0.717) is 10.8 Å². The van der Waals surface area contributed by atoms with Gasteiger partial charge in [0.15, 0.2) is 0 Å². The molecule has 2 rings (SSSR count). The molecule has 0 unspecified atom stereocenters. The maximum absolute atomic E-state index is 5.93. The maximum Gasteiger partial charge on any atom is 0.142 e. The molecule has 3 heteroatoms. The van der Waals surface area contributed by atoms with Gasteiger partial charge >= 0.3 is 0 Å². The molecule has 0 amide bonds. The van der Waals surface area contributed by atoms with Gasteiger partial charge in [-0.25, -0.2) is 4.98 Å². The fourth-order valence-electron chi connectivity index (χ4n) is 1.49. The quantitative estimate of drug-likeness (QED) is 0.798. The molecule has 0 saturated carbocycles. The Morgan fingerprint density at radius 1 is 1.27 bits per heavy atom. The van der Waals surface area contributed by atoms with E-state index in [-0.39, 0.29) is 0 Å². The van der Waals surface area contributed by atoms with Crippen molar-refractivity contribution in [1.29, 1.82) is 0 Å². The minimum atomic E-state index is 0.369. The molecule has 2 N–H and O–H groups in total. The van der Waals surface area contributed by atoms with Crippen LogP contribution in [0.25, 0.3) is 11.1 Å². The molecule has 1 heterocycles. The first-order chi connectivity index (χ1) is 7.18. The van der Waals surface area contributed by atoms with E-state index in [0.717, 1.165) is 11.1 Å². The van der Waals surface area contributed by atoms with Gasteiger partial charge in [0.2, 0.25) is 0 Å². The van der Waals surface area contributed by atoms with Gasteiger partial charge in [0.25, 0.3) is 0 Å².